The van der Waals surface area contributed by atoms with Gasteiger partial charge in [0.05, 0.1) is 6.61 Å². The van der Waals surface area contributed by atoms with E-state index in [9.17, 15) is 14.0 Å². The number of rotatable bonds is 4. The lowest BCUT2D eigenvalue weighted by atomic mass is 9.89. The van der Waals surface area contributed by atoms with Gasteiger partial charge in [-0.2, -0.15) is 4.39 Å². The minimum atomic E-state index is -2.67. The van der Waals surface area contributed by atoms with Crippen LogP contribution in [0.1, 0.15) is 31.7 Å². The lowest BCUT2D eigenvalue weighted by molar-refractivity contribution is -0.196. The third kappa shape index (κ3) is 3.47. The second kappa shape index (κ2) is 6.48. The number of carbonyl (C=O) groups is 2. The molecular weight excluding hydrogens is 311 g/mol. The standard InChI is InChI=1S/C16H16ClFO4/c1-3-21-15(20)16(18)9-12(8-14(22-16)10(2)19)11-4-6-13(17)7-5-11/h4-8,12H,3,9H2,1-2H3. The Hall–Kier alpha value is -1.88. The number of hydrogen-bond donors (Lipinski definition) is 0. The van der Waals surface area contributed by atoms with Gasteiger partial charge in [0, 0.05) is 24.3 Å². The molecule has 0 amide bonds. The molecule has 0 bridgehead atoms. The van der Waals surface area contributed by atoms with E-state index >= 15 is 0 Å². The molecule has 2 rings (SSSR count). The van der Waals surface area contributed by atoms with Crippen molar-refractivity contribution in [2.75, 3.05) is 6.61 Å². The summed E-state index contributed by atoms with van der Waals surface area (Å²) in [7, 11) is 0. The van der Waals surface area contributed by atoms with Crippen molar-refractivity contribution in [1.82, 2.24) is 0 Å². The fraction of sp³-hybridized carbons (Fsp3) is 0.375. The van der Waals surface area contributed by atoms with Gasteiger partial charge in [-0.25, -0.2) is 4.79 Å². The molecule has 0 aromatic heterocycles. The Morgan fingerprint density at radius 2 is 2.05 bits per heavy atom. The average Bonchev–Trinajstić information content (AvgIpc) is 2.47. The number of halogens is 2. The van der Waals surface area contributed by atoms with Crippen LogP contribution in [0.5, 0.6) is 0 Å². The number of carbonyl (C=O) groups excluding carboxylic acids is 2. The van der Waals surface area contributed by atoms with Crippen molar-refractivity contribution in [2.45, 2.75) is 32.0 Å². The molecule has 0 spiro atoms. The van der Waals surface area contributed by atoms with Gasteiger partial charge in [0.25, 0.3) is 0 Å². The summed E-state index contributed by atoms with van der Waals surface area (Å²) in [6, 6.07) is 6.77. The minimum Gasteiger partial charge on any atom is -0.461 e. The molecule has 2 unspecified atom stereocenters. The van der Waals surface area contributed by atoms with Gasteiger partial charge < -0.3 is 9.47 Å². The van der Waals surface area contributed by atoms with Crippen molar-refractivity contribution in [3.63, 3.8) is 0 Å². The molecule has 0 fully saturated rings. The molecule has 1 aliphatic heterocycles. The summed E-state index contributed by atoms with van der Waals surface area (Å²) in [5.74, 6) is -4.91. The predicted molar refractivity (Wildman–Crippen MR) is 79.1 cm³/mol. The summed E-state index contributed by atoms with van der Waals surface area (Å²) >= 11 is 5.84. The monoisotopic (exact) mass is 326 g/mol. The molecule has 1 aromatic rings. The Bertz CT molecular complexity index is 611. The number of esters is 1. The van der Waals surface area contributed by atoms with Crippen molar-refractivity contribution in [2.24, 2.45) is 0 Å². The van der Waals surface area contributed by atoms with Gasteiger partial charge in [0.15, 0.2) is 11.5 Å². The largest absolute Gasteiger partial charge is 0.461 e. The summed E-state index contributed by atoms with van der Waals surface area (Å²) in [4.78, 5) is 23.4. The highest BCUT2D eigenvalue weighted by Crippen LogP contribution is 2.39. The summed E-state index contributed by atoms with van der Waals surface area (Å²) in [5.41, 5.74) is 0.734. The van der Waals surface area contributed by atoms with E-state index in [1.54, 1.807) is 31.2 Å². The van der Waals surface area contributed by atoms with Gasteiger partial charge in [-0.3, -0.25) is 4.79 Å². The Morgan fingerprint density at radius 3 is 2.59 bits per heavy atom. The van der Waals surface area contributed by atoms with Crippen molar-refractivity contribution >= 4 is 23.4 Å². The lowest BCUT2D eigenvalue weighted by Gasteiger charge is -2.32. The van der Waals surface area contributed by atoms with E-state index in [0.717, 1.165) is 5.56 Å². The number of Topliss-reactive ketones (excluding diaryl/α,β-unsaturated/α-hetero) is 1. The zero-order chi connectivity index (χ0) is 16.3. The van der Waals surface area contributed by atoms with Crippen molar-refractivity contribution in [3.05, 3.63) is 46.7 Å². The van der Waals surface area contributed by atoms with Gasteiger partial charge in [-0.1, -0.05) is 23.7 Å². The third-order valence-electron chi connectivity index (χ3n) is 3.33. The number of ketones is 1. The fourth-order valence-electron chi connectivity index (χ4n) is 2.25. The molecule has 4 nitrogen and oxygen atoms in total. The van der Waals surface area contributed by atoms with Crippen molar-refractivity contribution in [1.29, 1.82) is 0 Å². The van der Waals surface area contributed by atoms with Gasteiger partial charge in [0.1, 0.15) is 0 Å². The molecule has 6 heteroatoms. The number of ether oxygens (including phenoxy) is 2. The van der Waals surface area contributed by atoms with Crippen LogP contribution >= 0.6 is 11.6 Å². The van der Waals surface area contributed by atoms with Crippen molar-refractivity contribution < 1.29 is 23.5 Å². The van der Waals surface area contributed by atoms with E-state index < -0.39 is 23.5 Å². The van der Waals surface area contributed by atoms with Crippen LogP contribution in [0.3, 0.4) is 0 Å². The van der Waals surface area contributed by atoms with Gasteiger partial charge >= 0.3 is 11.8 Å². The average molecular weight is 327 g/mol. The smallest absolute Gasteiger partial charge is 0.384 e. The first-order valence-electron chi connectivity index (χ1n) is 6.89. The second-order valence-corrected chi connectivity index (χ2v) is 5.44. The predicted octanol–water partition coefficient (Wildman–Crippen LogP) is 3.55. The topological polar surface area (TPSA) is 52.6 Å². The van der Waals surface area contributed by atoms with Crippen LogP contribution in [0.15, 0.2) is 36.1 Å². The Kier molecular flexibility index (Phi) is 4.86. The van der Waals surface area contributed by atoms with Crippen LogP contribution in [0.25, 0.3) is 0 Å². The highest BCUT2D eigenvalue weighted by atomic mass is 35.5. The molecule has 0 saturated heterocycles. The quantitative estimate of drug-likeness (QED) is 0.794. The number of alkyl halides is 1. The van der Waals surface area contributed by atoms with E-state index in [1.165, 1.54) is 13.0 Å². The molecule has 0 aliphatic carbocycles. The Labute approximate surface area is 132 Å². The van der Waals surface area contributed by atoms with E-state index in [2.05, 4.69) is 0 Å². The Balaban J connectivity index is 2.37. The zero-order valence-electron chi connectivity index (χ0n) is 12.3. The van der Waals surface area contributed by atoms with E-state index in [4.69, 9.17) is 21.1 Å². The number of benzene rings is 1. The van der Waals surface area contributed by atoms with E-state index in [1.807, 2.05) is 0 Å². The molecular formula is C16H16ClFO4. The summed E-state index contributed by atoms with van der Waals surface area (Å²) in [6.07, 6.45) is 1.26. The highest BCUT2D eigenvalue weighted by Gasteiger charge is 2.48. The van der Waals surface area contributed by atoms with Crippen LogP contribution in [-0.2, 0) is 19.1 Å². The molecule has 0 saturated carbocycles. The molecule has 1 heterocycles. The van der Waals surface area contributed by atoms with Crippen molar-refractivity contribution in [3.8, 4) is 0 Å². The van der Waals surface area contributed by atoms with Crippen LogP contribution in [0.4, 0.5) is 4.39 Å². The minimum absolute atomic E-state index is 0.0264. The lowest BCUT2D eigenvalue weighted by Crippen LogP contribution is -2.42. The molecule has 0 N–H and O–H groups in total. The number of allylic oxidation sites excluding steroid dienone is 2. The maximum Gasteiger partial charge on any atom is 0.384 e. The second-order valence-electron chi connectivity index (χ2n) is 5.00. The normalized spacial score (nSPS) is 24.2. The summed E-state index contributed by atoms with van der Waals surface area (Å²) in [5, 5.41) is 0.545. The SMILES string of the molecule is CCOC(=O)C1(F)CC(c2ccc(Cl)cc2)C=C(C(C)=O)O1. The van der Waals surface area contributed by atoms with Gasteiger partial charge in [-0.15, -0.1) is 0 Å². The fourth-order valence-corrected chi connectivity index (χ4v) is 2.38. The Morgan fingerprint density at radius 1 is 1.41 bits per heavy atom. The van der Waals surface area contributed by atoms with Crippen LogP contribution in [0.2, 0.25) is 5.02 Å². The van der Waals surface area contributed by atoms with Crippen LogP contribution < -0.4 is 0 Å². The molecule has 0 radical (unpaired) electrons. The van der Waals surface area contributed by atoms with E-state index in [-0.39, 0.29) is 18.8 Å². The maximum absolute atomic E-state index is 14.9. The van der Waals surface area contributed by atoms with Crippen LogP contribution in [0, 0.1) is 0 Å². The molecule has 1 aromatic carbocycles. The molecule has 2 atom stereocenters. The molecule has 22 heavy (non-hydrogen) atoms. The first-order valence-corrected chi connectivity index (χ1v) is 7.27. The number of hydrogen-bond acceptors (Lipinski definition) is 4. The summed E-state index contributed by atoms with van der Waals surface area (Å²) < 4.78 is 24.5. The highest BCUT2D eigenvalue weighted by molar-refractivity contribution is 6.30. The first-order chi connectivity index (χ1) is 10.4. The van der Waals surface area contributed by atoms with Crippen LogP contribution in [-0.4, -0.2) is 24.2 Å². The first kappa shape index (κ1) is 16.5. The molecule has 118 valence electrons. The molecule has 1 aliphatic rings. The summed E-state index contributed by atoms with van der Waals surface area (Å²) in [6.45, 7) is 2.85. The zero-order valence-corrected chi connectivity index (χ0v) is 13.0. The van der Waals surface area contributed by atoms with Gasteiger partial charge in [-0.05, 0) is 30.7 Å². The van der Waals surface area contributed by atoms with Gasteiger partial charge in [0.2, 0.25) is 0 Å². The third-order valence-corrected chi connectivity index (χ3v) is 3.58. The van der Waals surface area contributed by atoms with E-state index in [0.29, 0.717) is 5.02 Å². The maximum atomic E-state index is 14.9.